The minimum Gasteiger partial charge on any atom is -0.334 e. The Hall–Kier alpha value is -0.830. The van der Waals surface area contributed by atoms with Crippen LogP contribution in [0.5, 0.6) is 0 Å². The molecule has 1 aromatic carbocycles. The Balaban J connectivity index is 1.80. The van der Waals surface area contributed by atoms with Crippen LogP contribution in [-0.4, -0.2) is 22.7 Å². The van der Waals surface area contributed by atoms with Gasteiger partial charge < -0.3 is 4.90 Å². The first-order valence-electron chi connectivity index (χ1n) is 6.26. The van der Waals surface area contributed by atoms with E-state index in [1.807, 2.05) is 23.1 Å². The quantitative estimate of drug-likeness (QED) is 0.580. The van der Waals surface area contributed by atoms with Crippen LogP contribution in [-0.2, 0) is 6.54 Å². The standard InChI is InChI=1S/C14H18BrNO/c15-9-5-1-2-6-10-16-11-12-7-3-4-8-13(12)14(16)17/h3-4,7-8H,1-2,5-6,9-11H2. The third kappa shape index (κ3) is 3.09. The van der Waals surface area contributed by atoms with Crippen LogP contribution in [0.2, 0.25) is 0 Å². The molecule has 2 rings (SSSR count). The van der Waals surface area contributed by atoms with Crippen LogP contribution in [0.1, 0.15) is 41.6 Å². The van der Waals surface area contributed by atoms with Crippen LogP contribution in [0.25, 0.3) is 0 Å². The second-order valence-electron chi connectivity index (χ2n) is 4.49. The van der Waals surface area contributed by atoms with E-state index in [-0.39, 0.29) is 5.91 Å². The summed E-state index contributed by atoms with van der Waals surface area (Å²) in [6.07, 6.45) is 4.81. The maximum atomic E-state index is 12.0. The van der Waals surface area contributed by atoms with E-state index in [1.54, 1.807) is 0 Å². The second-order valence-corrected chi connectivity index (χ2v) is 5.28. The number of fused-ring (bicyclic) bond motifs is 1. The fourth-order valence-corrected chi connectivity index (χ4v) is 2.64. The predicted octanol–water partition coefficient (Wildman–Crippen LogP) is 3.60. The molecule has 0 aliphatic carbocycles. The number of hydrogen-bond acceptors (Lipinski definition) is 1. The number of rotatable bonds is 6. The van der Waals surface area contributed by atoms with Crippen molar-refractivity contribution in [1.82, 2.24) is 4.90 Å². The summed E-state index contributed by atoms with van der Waals surface area (Å²) < 4.78 is 0. The molecule has 1 amide bonds. The van der Waals surface area contributed by atoms with Crippen molar-refractivity contribution in [2.45, 2.75) is 32.2 Å². The molecule has 1 aliphatic rings. The number of alkyl halides is 1. The van der Waals surface area contributed by atoms with Crippen molar-refractivity contribution in [3.63, 3.8) is 0 Å². The van der Waals surface area contributed by atoms with Gasteiger partial charge in [-0.1, -0.05) is 47.0 Å². The molecule has 0 atom stereocenters. The van der Waals surface area contributed by atoms with Gasteiger partial charge in [-0.15, -0.1) is 0 Å². The van der Waals surface area contributed by atoms with Crippen molar-refractivity contribution in [2.75, 3.05) is 11.9 Å². The Morgan fingerprint density at radius 1 is 1.12 bits per heavy atom. The van der Waals surface area contributed by atoms with E-state index >= 15 is 0 Å². The van der Waals surface area contributed by atoms with Gasteiger partial charge in [-0.2, -0.15) is 0 Å². The predicted molar refractivity (Wildman–Crippen MR) is 73.4 cm³/mol. The number of carbonyl (C=O) groups is 1. The largest absolute Gasteiger partial charge is 0.334 e. The number of unbranched alkanes of at least 4 members (excludes halogenated alkanes) is 3. The van der Waals surface area contributed by atoms with Gasteiger partial charge in [-0.25, -0.2) is 0 Å². The topological polar surface area (TPSA) is 20.3 Å². The summed E-state index contributed by atoms with van der Waals surface area (Å²) in [6.45, 7) is 1.70. The summed E-state index contributed by atoms with van der Waals surface area (Å²) >= 11 is 3.43. The molecule has 0 N–H and O–H groups in total. The monoisotopic (exact) mass is 295 g/mol. The van der Waals surface area contributed by atoms with Gasteiger partial charge in [-0.05, 0) is 24.5 Å². The van der Waals surface area contributed by atoms with E-state index in [0.29, 0.717) is 0 Å². The molecular formula is C14H18BrNO. The Kier molecular flexibility index (Phi) is 4.60. The van der Waals surface area contributed by atoms with Gasteiger partial charge in [0.1, 0.15) is 0 Å². The van der Waals surface area contributed by atoms with Gasteiger partial charge in [0.2, 0.25) is 0 Å². The highest BCUT2D eigenvalue weighted by Crippen LogP contribution is 2.22. The van der Waals surface area contributed by atoms with Gasteiger partial charge >= 0.3 is 0 Å². The summed E-state index contributed by atoms with van der Waals surface area (Å²) in [5.74, 6) is 0.209. The van der Waals surface area contributed by atoms with Crippen molar-refractivity contribution >= 4 is 21.8 Å². The van der Waals surface area contributed by atoms with Crippen LogP contribution in [0.3, 0.4) is 0 Å². The Bertz CT molecular complexity index is 392. The highest BCUT2D eigenvalue weighted by Gasteiger charge is 2.25. The van der Waals surface area contributed by atoms with Crippen LogP contribution >= 0.6 is 15.9 Å². The Morgan fingerprint density at radius 2 is 1.88 bits per heavy atom. The zero-order valence-corrected chi connectivity index (χ0v) is 11.6. The molecule has 2 nitrogen and oxygen atoms in total. The van der Waals surface area contributed by atoms with Crippen LogP contribution < -0.4 is 0 Å². The second kappa shape index (κ2) is 6.20. The summed E-state index contributed by atoms with van der Waals surface area (Å²) in [5.41, 5.74) is 2.07. The van der Waals surface area contributed by atoms with Crippen LogP contribution in [0.4, 0.5) is 0 Å². The Labute approximate surface area is 111 Å². The number of amides is 1. The molecule has 1 aromatic rings. The maximum Gasteiger partial charge on any atom is 0.254 e. The molecule has 1 aliphatic heterocycles. The van der Waals surface area contributed by atoms with E-state index in [9.17, 15) is 4.79 Å². The Morgan fingerprint density at radius 3 is 2.65 bits per heavy atom. The first-order chi connectivity index (χ1) is 8.33. The SMILES string of the molecule is O=C1c2ccccc2CN1CCCCCCBr. The summed E-state index contributed by atoms with van der Waals surface area (Å²) in [7, 11) is 0. The number of benzene rings is 1. The van der Waals surface area contributed by atoms with E-state index in [1.165, 1.54) is 24.8 Å². The van der Waals surface area contributed by atoms with Crippen LogP contribution in [0.15, 0.2) is 24.3 Å². The van der Waals surface area contributed by atoms with Crippen molar-refractivity contribution in [2.24, 2.45) is 0 Å². The first-order valence-corrected chi connectivity index (χ1v) is 7.38. The van der Waals surface area contributed by atoms with E-state index < -0.39 is 0 Å². The average Bonchev–Trinajstić information content (AvgIpc) is 2.67. The molecule has 17 heavy (non-hydrogen) atoms. The molecule has 0 saturated carbocycles. The van der Waals surface area contributed by atoms with E-state index in [0.717, 1.165) is 30.4 Å². The normalized spacial score (nSPS) is 14.2. The summed E-state index contributed by atoms with van der Waals surface area (Å²) in [4.78, 5) is 14.0. The number of nitrogens with zero attached hydrogens (tertiary/aromatic N) is 1. The van der Waals surface area contributed by atoms with Crippen molar-refractivity contribution in [1.29, 1.82) is 0 Å². The lowest BCUT2D eigenvalue weighted by atomic mass is 10.1. The van der Waals surface area contributed by atoms with E-state index in [2.05, 4.69) is 22.0 Å². The molecule has 0 spiro atoms. The fraction of sp³-hybridized carbons (Fsp3) is 0.500. The molecule has 3 heteroatoms. The molecular weight excluding hydrogens is 278 g/mol. The first kappa shape index (κ1) is 12.6. The van der Waals surface area contributed by atoms with Crippen molar-refractivity contribution in [3.05, 3.63) is 35.4 Å². The van der Waals surface area contributed by atoms with Gasteiger partial charge in [0, 0.05) is 24.0 Å². The molecule has 0 fully saturated rings. The van der Waals surface area contributed by atoms with E-state index in [4.69, 9.17) is 0 Å². The van der Waals surface area contributed by atoms with Gasteiger partial charge in [0.15, 0.2) is 0 Å². The average molecular weight is 296 g/mol. The molecule has 0 aromatic heterocycles. The third-order valence-electron chi connectivity index (χ3n) is 3.21. The van der Waals surface area contributed by atoms with Crippen molar-refractivity contribution < 1.29 is 4.79 Å². The molecule has 0 radical (unpaired) electrons. The maximum absolute atomic E-state index is 12.0. The van der Waals surface area contributed by atoms with Gasteiger partial charge in [0.05, 0.1) is 0 Å². The van der Waals surface area contributed by atoms with Gasteiger partial charge in [0.25, 0.3) is 5.91 Å². The smallest absolute Gasteiger partial charge is 0.254 e. The van der Waals surface area contributed by atoms with Gasteiger partial charge in [-0.3, -0.25) is 4.79 Å². The van der Waals surface area contributed by atoms with Crippen LogP contribution in [0, 0.1) is 0 Å². The summed E-state index contributed by atoms with van der Waals surface area (Å²) in [5, 5.41) is 1.08. The highest BCUT2D eigenvalue weighted by molar-refractivity contribution is 9.09. The summed E-state index contributed by atoms with van der Waals surface area (Å²) in [6, 6.07) is 7.93. The molecule has 0 bridgehead atoms. The number of carbonyl (C=O) groups excluding carboxylic acids is 1. The highest BCUT2D eigenvalue weighted by atomic mass is 79.9. The minimum absolute atomic E-state index is 0.209. The zero-order chi connectivity index (χ0) is 12.1. The fourth-order valence-electron chi connectivity index (χ4n) is 2.25. The minimum atomic E-state index is 0.209. The van der Waals surface area contributed by atoms with Crippen molar-refractivity contribution in [3.8, 4) is 0 Å². The third-order valence-corrected chi connectivity index (χ3v) is 3.77. The lowest BCUT2D eigenvalue weighted by molar-refractivity contribution is 0.0775. The lowest BCUT2D eigenvalue weighted by Gasteiger charge is -2.15. The lowest BCUT2D eigenvalue weighted by Crippen LogP contribution is -2.24. The number of halogens is 1. The molecule has 1 heterocycles. The molecule has 0 saturated heterocycles. The number of hydrogen-bond donors (Lipinski definition) is 0. The molecule has 0 unspecified atom stereocenters. The zero-order valence-electron chi connectivity index (χ0n) is 9.99. The molecule has 92 valence electrons.